The molecule has 0 saturated heterocycles. The van der Waals surface area contributed by atoms with Gasteiger partial charge >= 0.3 is 12.1 Å². The molecule has 0 spiro atoms. The van der Waals surface area contributed by atoms with Gasteiger partial charge in [-0.25, -0.2) is 4.79 Å². The van der Waals surface area contributed by atoms with E-state index in [0.717, 1.165) is 6.42 Å². The Bertz CT molecular complexity index is 300. The molecular formula is C13H26N2O4. The predicted molar refractivity (Wildman–Crippen MR) is 73.2 cm³/mol. The summed E-state index contributed by atoms with van der Waals surface area (Å²) in [6, 6.07) is -0.623. The number of carbonyl (C=O) groups excluding carboxylic acids is 1. The molecule has 0 saturated carbocycles. The number of aliphatic carboxylic acids is 1. The fourth-order valence-electron chi connectivity index (χ4n) is 1.39. The number of amides is 1. The number of carboxylic acid groups (broad SMARTS) is 1. The van der Waals surface area contributed by atoms with E-state index in [9.17, 15) is 9.59 Å². The normalized spacial score (nSPS) is 12.9. The van der Waals surface area contributed by atoms with E-state index in [2.05, 4.69) is 5.32 Å². The van der Waals surface area contributed by atoms with Gasteiger partial charge in [0.1, 0.15) is 11.6 Å². The molecule has 0 fully saturated rings. The molecule has 19 heavy (non-hydrogen) atoms. The van der Waals surface area contributed by atoms with Crippen LogP contribution in [0.15, 0.2) is 0 Å². The molecule has 0 rings (SSSR count). The van der Waals surface area contributed by atoms with Crippen LogP contribution in [0.4, 0.5) is 4.79 Å². The smallest absolute Gasteiger partial charge is 0.410 e. The van der Waals surface area contributed by atoms with Gasteiger partial charge in [-0.2, -0.15) is 0 Å². The van der Waals surface area contributed by atoms with Gasteiger partial charge in [0.15, 0.2) is 0 Å². The van der Waals surface area contributed by atoms with Crippen LogP contribution in [0.2, 0.25) is 0 Å². The highest BCUT2D eigenvalue weighted by Gasteiger charge is 2.21. The highest BCUT2D eigenvalue weighted by Crippen LogP contribution is 2.10. The lowest BCUT2D eigenvalue weighted by Crippen LogP contribution is -2.43. The number of nitrogens with one attached hydrogen (secondary N) is 1. The van der Waals surface area contributed by atoms with Crippen LogP contribution in [0.25, 0.3) is 0 Å². The van der Waals surface area contributed by atoms with Crippen LogP contribution in [0.5, 0.6) is 0 Å². The quantitative estimate of drug-likeness (QED) is 0.738. The number of carboxylic acids is 1. The molecule has 0 aromatic carbocycles. The third-order valence-corrected chi connectivity index (χ3v) is 2.35. The Morgan fingerprint density at radius 3 is 2.32 bits per heavy atom. The zero-order chi connectivity index (χ0) is 15.1. The lowest BCUT2D eigenvalue weighted by atomic mass is 10.2. The Morgan fingerprint density at radius 2 is 1.89 bits per heavy atom. The van der Waals surface area contributed by atoms with E-state index < -0.39 is 17.6 Å². The van der Waals surface area contributed by atoms with Crippen molar-refractivity contribution in [2.75, 3.05) is 19.6 Å². The molecule has 1 amide bonds. The molecule has 1 unspecified atom stereocenters. The van der Waals surface area contributed by atoms with E-state index >= 15 is 0 Å². The molecule has 2 N–H and O–H groups in total. The summed E-state index contributed by atoms with van der Waals surface area (Å²) in [5.74, 6) is -0.903. The number of carbonyl (C=O) groups is 2. The zero-order valence-corrected chi connectivity index (χ0v) is 12.5. The van der Waals surface area contributed by atoms with Gasteiger partial charge < -0.3 is 20.1 Å². The van der Waals surface area contributed by atoms with Gasteiger partial charge in [-0.15, -0.1) is 0 Å². The minimum Gasteiger partial charge on any atom is -0.480 e. The number of hydrogen-bond acceptors (Lipinski definition) is 4. The Hall–Kier alpha value is -1.30. The first kappa shape index (κ1) is 17.7. The van der Waals surface area contributed by atoms with Crippen LogP contribution in [0.3, 0.4) is 0 Å². The number of rotatable bonds is 7. The fourth-order valence-corrected chi connectivity index (χ4v) is 1.39. The molecule has 112 valence electrons. The van der Waals surface area contributed by atoms with Crippen LogP contribution in [-0.2, 0) is 9.53 Å². The number of nitrogens with zero attached hydrogens (tertiary/aromatic N) is 1. The average Bonchev–Trinajstić information content (AvgIpc) is 2.25. The molecule has 0 bridgehead atoms. The Kier molecular flexibility index (Phi) is 7.44. The summed E-state index contributed by atoms with van der Waals surface area (Å²) in [6.45, 7) is 10.5. The Labute approximate surface area is 115 Å². The second-order valence-electron chi connectivity index (χ2n) is 5.48. The third kappa shape index (κ3) is 8.42. The van der Waals surface area contributed by atoms with Gasteiger partial charge in [0.05, 0.1) is 0 Å². The fraction of sp³-hybridized carbons (Fsp3) is 0.846. The summed E-state index contributed by atoms with van der Waals surface area (Å²) < 4.78 is 5.30. The van der Waals surface area contributed by atoms with Crippen LogP contribution >= 0.6 is 0 Å². The van der Waals surface area contributed by atoms with Crippen molar-refractivity contribution >= 4 is 12.1 Å². The third-order valence-electron chi connectivity index (χ3n) is 2.35. The second kappa shape index (κ2) is 7.99. The molecule has 0 radical (unpaired) electrons. The predicted octanol–water partition coefficient (Wildman–Crippen LogP) is 1.70. The second-order valence-corrected chi connectivity index (χ2v) is 5.48. The summed E-state index contributed by atoms with van der Waals surface area (Å²) >= 11 is 0. The SMILES string of the molecule is CCCN(CCNC(C)C(=O)O)C(=O)OC(C)(C)C. The van der Waals surface area contributed by atoms with Gasteiger partial charge in [-0.1, -0.05) is 6.92 Å². The van der Waals surface area contributed by atoms with Crippen molar-refractivity contribution in [1.82, 2.24) is 10.2 Å². The summed E-state index contributed by atoms with van der Waals surface area (Å²) in [5.41, 5.74) is -0.523. The molecule has 0 heterocycles. The van der Waals surface area contributed by atoms with Crippen molar-refractivity contribution in [3.63, 3.8) is 0 Å². The van der Waals surface area contributed by atoms with Gasteiger partial charge in [0.25, 0.3) is 0 Å². The molecule has 0 aliphatic heterocycles. The van der Waals surface area contributed by atoms with Crippen LogP contribution < -0.4 is 5.32 Å². The largest absolute Gasteiger partial charge is 0.480 e. The maximum Gasteiger partial charge on any atom is 0.410 e. The maximum atomic E-state index is 11.9. The van der Waals surface area contributed by atoms with E-state index in [1.165, 1.54) is 0 Å². The van der Waals surface area contributed by atoms with Gasteiger partial charge in [0.2, 0.25) is 0 Å². The summed E-state index contributed by atoms with van der Waals surface area (Å²) in [6.07, 6.45) is 0.465. The number of ether oxygens (including phenoxy) is 1. The van der Waals surface area contributed by atoms with Gasteiger partial charge in [0, 0.05) is 19.6 Å². The van der Waals surface area contributed by atoms with Crippen molar-refractivity contribution in [3.05, 3.63) is 0 Å². The monoisotopic (exact) mass is 274 g/mol. The van der Waals surface area contributed by atoms with Crippen molar-refractivity contribution in [2.24, 2.45) is 0 Å². The van der Waals surface area contributed by atoms with Crippen molar-refractivity contribution < 1.29 is 19.4 Å². The summed E-state index contributed by atoms with van der Waals surface area (Å²) in [4.78, 5) is 24.2. The van der Waals surface area contributed by atoms with E-state index in [1.807, 2.05) is 27.7 Å². The minimum absolute atomic E-state index is 0.362. The highest BCUT2D eigenvalue weighted by molar-refractivity contribution is 5.72. The zero-order valence-electron chi connectivity index (χ0n) is 12.5. The molecule has 0 aliphatic rings. The van der Waals surface area contributed by atoms with Crippen molar-refractivity contribution in [3.8, 4) is 0 Å². The molecule has 6 nitrogen and oxygen atoms in total. The van der Waals surface area contributed by atoms with Crippen molar-refractivity contribution in [2.45, 2.75) is 52.7 Å². The lowest BCUT2D eigenvalue weighted by Gasteiger charge is -2.27. The van der Waals surface area contributed by atoms with Crippen LogP contribution in [0.1, 0.15) is 41.0 Å². The molecule has 0 aromatic heterocycles. The molecule has 6 heteroatoms. The first-order valence-corrected chi connectivity index (χ1v) is 6.61. The number of hydrogen-bond donors (Lipinski definition) is 2. The maximum absolute atomic E-state index is 11.9. The molecule has 1 atom stereocenters. The lowest BCUT2D eigenvalue weighted by molar-refractivity contribution is -0.138. The Balaban J connectivity index is 4.26. The van der Waals surface area contributed by atoms with Crippen LogP contribution in [-0.4, -0.2) is 53.3 Å². The van der Waals surface area contributed by atoms with Gasteiger partial charge in [-0.05, 0) is 34.1 Å². The summed E-state index contributed by atoms with van der Waals surface area (Å²) in [5, 5.41) is 11.6. The molecule has 0 aromatic rings. The van der Waals surface area contributed by atoms with Crippen LogP contribution in [0, 0.1) is 0 Å². The first-order chi connectivity index (χ1) is 8.67. The average molecular weight is 274 g/mol. The van der Waals surface area contributed by atoms with Crippen molar-refractivity contribution in [1.29, 1.82) is 0 Å². The standard InChI is InChI=1S/C13H26N2O4/c1-6-8-15(12(18)19-13(3,4)5)9-7-14-10(2)11(16)17/h10,14H,6-9H2,1-5H3,(H,16,17). The highest BCUT2D eigenvalue weighted by atomic mass is 16.6. The van der Waals surface area contributed by atoms with Gasteiger partial charge in [-0.3, -0.25) is 4.79 Å². The van der Waals surface area contributed by atoms with E-state index in [-0.39, 0.29) is 6.09 Å². The molecule has 0 aliphatic carbocycles. The minimum atomic E-state index is -0.903. The summed E-state index contributed by atoms with van der Waals surface area (Å²) in [7, 11) is 0. The Morgan fingerprint density at radius 1 is 1.32 bits per heavy atom. The molecular weight excluding hydrogens is 248 g/mol. The van der Waals surface area contributed by atoms with E-state index in [0.29, 0.717) is 19.6 Å². The van der Waals surface area contributed by atoms with E-state index in [4.69, 9.17) is 9.84 Å². The first-order valence-electron chi connectivity index (χ1n) is 6.61. The van der Waals surface area contributed by atoms with E-state index in [1.54, 1.807) is 11.8 Å². The topological polar surface area (TPSA) is 78.9 Å².